The molecule has 3 aromatic heterocycles. The number of nitrogens with zero attached hydrogens (tertiary/aromatic N) is 3. The Labute approximate surface area is 166 Å². The summed E-state index contributed by atoms with van der Waals surface area (Å²) in [7, 11) is 0. The predicted molar refractivity (Wildman–Crippen MR) is 112 cm³/mol. The molecular formula is C19H24N4O2S2. The van der Waals surface area contributed by atoms with Crippen molar-refractivity contribution in [3.8, 4) is 0 Å². The molecule has 0 atom stereocenters. The number of pyridine rings is 1. The van der Waals surface area contributed by atoms with E-state index in [1.165, 1.54) is 22.9 Å². The molecule has 4 rings (SSSR count). The van der Waals surface area contributed by atoms with Gasteiger partial charge in [0.1, 0.15) is 10.6 Å². The van der Waals surface area contributed by atoms with E-state index in [0.717, 1.165) is 43.5 Å². The van der Waals surface area contributed by atoms with Gasteiger partial charge in [0.25, 0.3) is 0 Å². The van der Waals surface area contributed by atoms with Gasteiger partial charge in [-0.1, -0.05) is 11.8 Å². The molecule has 0 aromatic carbocycles. The summed E-state index contributed by atoms with van der Waals surface area (Å²) in [5, 5.41) is 14.4. The van der Waals surface area contributed by atoms with Crippen LogP contribution in [0.1, 0.15) is 37.1 Å². The Morgan fingerprint density at radius 3 is 2.81 bits per heavy atom. The molecule has 6 nitrogen and oxygen atoms in total. The lowest BCUT2D eigenvalue weighted by atomic mass is 9.89. The van der Waals surface area contributed by atoms with Gasteiger partial charge < -0.3 is 15.2 Å². The van der Waals surface area contributed by atoms with Crippen molar-refractivity contribution in [2.45, 2.75) is 51.0 Å². The zero-order valence-electron chi connectivity index (χ0n) is 16.0. The third-order valence-electron chi connectivity index (χ3n) is 4.89. The van der Waals surface area contributed by atoms with Crippen molar-refractivity contribution < 1.29 is 9.84 Å². The minimum atomic E-state index is -0.195. The maximum absolute atomic E-state index is 9.09. The van der Waals surface area contributed by atoms with Crippen LogP contribution in [-0.4, -0.2) is 45.1 Å². The van der Waals surface area contributed by atoms with Gasteiger partial charge in [-0.25, -0.2) is 15.0 Å². The van der Waals surface area contributed by atoms with Gasteiger partial charge in [0, 0.05) is 36.2 Å². The fourth-order valence-electron chi connectivity index (χ4n) is 3.51. The lowest BCUT2D eigenvalue weighted by Gasteiger charge is -2.32. The number of ether oxygens (including phenoxy) is 1. The van der Waals surface area contributed by atoms with E-state index in [0.29, 0.717) is 19.6 Å². The Morgan fingerprint density at radius 2 is 2.07 bits per heavy atom. The summed E-state index contributed by atoms with van der Waals surface area (Å²) in [6.45, 7) is 7.76. The maximum atomic E-state index is 9.09. The van der Waals surface area contributed by atoms with Crippen LogP contribution in [0.2, 0.25) is 0 Å². The van der Waals surface area contributed by atoms with Gasteiger partial charge in [0.2, 0.25) is 0 Å². The Kier molecular flexibility index (Phi) is 5.00. The van der Waals surface area contributed by atoms with Gasteiger partial charge in [-0.05, 0) is 39.0 Å². The molecule has 0 fully saturated rings. The van der Waals surface area contributed by atoms with Gasteiger partial charge in [0.15, 0.2) is 5.16 Å². The van der Waals surface area contributed by atoms with E-state index >= 15 is 0 Å². The molecule has 1 aliphatic rings. The molecule has 0 unspecified atom stereocenters. The SMILES string of the molecule is CSc1nc(NCCCO)c2sc3nc(C)c4c(c3c2n1)CC(C)(C)OC4. The van der Waals surface area contributed by atoms with Crippen LogP contribution >= 0.6 is 23.1 Å². The molecule has 27 heavy (non-hydrogen) atoms. The van der Waals surface area contributed by atoms with Crippen molar-refractivity contribution in [1.82, 2.24) is 15.0 Å². The van der Waals surface area contributed by atoms with E-state index in [1.807, 2.05) is 6.26 Å². The first-order valence-electron chi connectivity index (χ1n) is 9.09. The predicted octanol–water partition coefficient (Wildman–Crippen LogP) is 3.92. The molecule has 0 amide bonds. The van der Waals surface area contributed by atoms with Gasteiger partial charge in [-0.15, -0.1) is 11.3 Å². The maximum Gasteiger partial charge on any atom is 0.189 e. The smallest absolute Gasteiger partial charge is 0.189 e. The monoisotopic (exact) mass is 404 g/mol. The highest BCUT2D eigenvalue weighted by Gasteiger charge is 2.31. The third kappa shape index (κ3) is 3.40. The number of aliphatic hydroxyl groups is 1. The second-order valence-corrected chi connectivity index (χ2v) is 9.17. The number of hydrogen-bond donors (Lipinski definition) is 2. The molecule has 144 valence electrons. The summed E-state index contributed by atoms with van der Waals surface area (Å²) in [5.41, 5.74) is 4.32. The second-order valence-electron chi connectivity index (χ2n) is 7.40. The molecule has 8 heteroatoms. The van der Waals surface area contributed by atoms with E-state index in [1.54, 1.807) is 11.3 Å². The zero-order valence-corrected chi connectivity index (χ0v) is 17.7. The quantitative estimate of drug-likeness (QED) is 0.379. The first kappa shape index (κ1) is 18.9. The number of aromatic nitrogens is 3. The Morgan fingerprint density at radius 1 is 1.26 bits per heavy atom. The van der Waals surface area contributed by atoms with Crippen LogP contribution in [0.5, 0.6) is 0 Å². The molecule has 3 aromatic rings. The Bertz CT molecular complexity index is 1020. The van der Waals surface area contributed by atoms with Crippen LogP contribution in [0, 0.1) is 6.92 Å². The highest BCUT2D eigenvalue weighted by molar-refractivity contribution is 7.98. The molecule has 0 bridgehead atoms. The second kappa shape index (κ2) is 7.16. The largest absolute Gasteiger partial charge is 0.396 e. The normalized spacial score (nSPS) is 16.0. The van der Waals surface area contributed by atoms with E-state index < -0.39 is 0 Å². The molecule has 1 aliphatic heterocycles. The number of thiophene rings is 1. The summed E-state index contributed by atoms with van der Waals surface area (Å²) in [5.74, 6) is 0.832. The van der Waals surface area contributed by atoms with Crippen molar-refractivity contribution in [3.63, 3.8) is 0 Å². The molecule has 0 saturated heterocycles. The van der Waals surface area contributed by atoms with Gasteiger partial charge in [-0.3, -0.25) is 0 Å². The van der Waals surface area contributed by atoms with E-state index in [4.69, 9.17) is 19.8 Å². The highest BCUT2D eigenvalue weighted by atomic mass is 32.2. The first-order chi connectivity index (χ1) is 12.9. The third-order valence-corrected chi connectivity index (χ3v) is 6.51. The standard InChI is InChI=1S/C19H24N4O2S2/c1-10-12-9-25-19(2,3)8-11(12)13-14-15(27-17(13)21-10)16(20-6-5-7-24)23-18(22-14)26-4/h24H,5-9H2,1-4H3,(H,20,22,23). The van der Waals surface area contributed by atoms with Crippen molar-refractivity contribution in [1.29, 1.82) is 0 Å². The topological polar surface area (TPSA) is 80.2 Å². The lowest BCUT2D eigenvalue weighted by molar-refractivity contribution is -0.0400. The Balaban J connectivity index is 1.98. The van der Waals surface area contributed by atoms with Crippen LogP contribution in [0.4, 0.5) is 5.82 Å². The van der Waals surface area contributed by atoms with Gasteiger partial charge in [-0.2, -0.15) is 0 Å². The fraction of sp³-hybridized carbons (Fsp3) is 0.526. The number of nitrogens with one attached hydrogen (secondary N) is 1. The summed E-state index contributed by atoms with van der Waals surface area (Å²) < 4.78 is 7.07. The minimum Gasteiger partial charge on any atom is -0.396 e. The van der Waals surface area contributed by atoms with Crippen molar-refractivity contribution in [2.75, 3.05) is 24.7 Å². The van der Waals surface area contributed by atoms with Gasteiger partial charge in [0.05, 0.1) is 22.4 Å². The number of anilines is 1. The number of aryl methyl sites for hydroxylation is 1. The molecule has 0 saturated carbocycles. The molecule has 0 aliphatic carbocycles. The van der Waals surface area contributed by atoms with Crippen molar-refractivity contribution in [2.24, 2.45) is 0 Å². The van der Waals surface area contributed by atoms with Gasteiger partial charge >= 0.3 is 0 Å². The summed E-state index contributed by atoms with van der Waals surface area (Å²) in [4.78, 5) is 15.4. The zero-order chi connectivity index (χ0) is 19.2. The molecular weight excluding hydrogens is 380 g/mol. The number of rotatable bonds is 5. The molecule has 2 N–H and O–H groups in total. The Hall–Kier alpha value is -1.48. The highest BCUT2D eigenvalue weighted by Crippen LogP contribution is 2.42. The first-order valence-corrected chi connectivity index (χ1v) is 11.1. The van der Waals surface area contributed by atoms with Crippen LogP contribution in [0.25, 0.3) is 20.4 Å². The summed E-state index contributed by atoms with van der Waals surface area (Å²) in [6.07, 6.45) is 3.52. The van der Waals surface area contributed by atoms with Crippen LogP contribution in [-0.2, 0) is 17.8 Å². The minimum absolute atomic E-state index is 0.159. The van der Waals surface area contributed by atoms with Crippen LogP contribution in [0.15, 0.2) is 5.16 Å². The van der Waals surface area contributed by atoms with E-state index in [2.05, 4.69) is 31.1 Å². The fourth-order valence-corrected chi connectivity index (χ4v) is 5.03. The van der Waals surface area contributed by atoms with Crippen molar-refractivity contribution >= 4 is 49.3 Å². The van der Waals surface area contributed by atoms with E-state index in [-0.39, 0.29) is 12.2 Å². The van der Waals surface area contributed by atoms with Crippen LogP contribution in [0.3, 0.4) is 0 Å². The number of aliphatic hydroxyl groups excluding tert-OH is 1. The molecule has 4 heterocycles. The van der Waals surface area contributed by atoms with E-state index in [9.17, 15) is 0 Å². The molecule has 0 radical (unpaired) electrons. The summed E-state index contributed by atoms with van der Waals surface area (Å²) in [6, 6.07) is 0. The average molecular weight is 405 g/mol. The number of hydrogen-bond acceptors (Lipinski definition) is 8. The lowest BCUT2D eigenvalue weighted by Crippen LogP contribution is -2.32. The van der Waals surface area contributed by atoms with Crippen molar-refractivity contribution in [3.05, 3.63) is 16.8 Å². The number of thioether (sulfide) groups is 1. The molecule has 0 spiro atoms. The average Bonchev–Trinajstić information content (AvgIpc) is 2.99. The van der Waals surface area contributed by atoms with Crippen LogP contribution < -0.4 is 5.32 Å². The number of fused-ring (bicyclic) bond motifs is 5. The summed E-state index contributed by atoms with van der Waals surface area (Å²) >= 11 is 3.18.